The van der Waals surface area contributed by atoms with Crippen molar-refractivity contribution in [3.05, 3.63) is 64.5 Å². The van der Waals surface area contributed by atoms with E-state index in [1.807, 2.05) is 0 Å². The third-order valence-corrected chi connectivity index (χ3v) is 9.90. The van der Waals surface area contributed by atoms with Crippen LogP contribution in [0.5, 0.6) is 5.75 Å². The Hall–Kier alpha value is -3.41. The molecule has 4 aromatic rings. The number of ether oxygens (including phenoxy) is 1. The van der Waals surface area contributed by atoms with Crippen molar-refractivity contribution in [2.75, 3.05) is 24.5 Å². The molecule has 5 rings (SSSR count). The Morgan fingerprint density at radius 2 is 1.90 bits per heavy atom. The van der Waals surface area contributed by atoms with E-state index < -0.39 is 34.1 Å². The number of hydrogen-bond acceptors (Lipinski definition) is 10. The highest BCUT2D eigenvalue weighted by atomic mass is 79.9. The van der Waals surface area contributed by atoms with E-state index in [2.05, 4.69) is 45.9 Å². The van der Waals surface area contributed by atoms with Gasteiger partial charge in [-0.25, -0.2) is 28.4 Å². The zero-order valence-electron chi connectivity index (χ0n) is 20.2. The molecule has 0 saturated carbocycles. The number of sulfonamides is 1. The highest BCUT2D eigenvalue weighted by Gasteiger charge is 2.41. The van der Waals surface area contributed by atoms with Crippen LogP contribution in [0.2, 0.25) is 0 Å². The Bertz CT molecular complexity index is 1640. The maximum absolute atomic E-state index is 13.5. The highest BCUT2D eigenvalue weighted by Crippen LogP contribution is 2.31. The van der Waals surface area contributed by atoms with Gasteiger partial charge in [-0.2, -0.15) is 4.31 Å². The normalized spacial score (nSPS) is 16.7. The third kappa shape index (κ3) is 6.32. The van der Waals surface area contributed by atoms with Crippen molar-refractivity contribution in [3.63, 3.8) is 0 Å². The first-order valence-electron chi connectivity index (χ1n) is 11.6. The molecule has 1 saturated heterocycles. The molecule has 4 heterocycles. The number of aromatic nitrogens is 4. The average Bonchev–Trinajstić information content (AvgIpc) is 3.38. The fraction of sp³-hybridized carbons (Fsp3) is 0.261. The van der Waals surface area contributed by atoms with E-state index in [0.717, 1.165) is 27.8 Å². The number of carbonyl (C=O) groups excluding carboxylic acids is 1. The molecule has 0 bridgehead atoms. The molecule has 0 spiro atoms. The lowest BCUT2D eigenvalue weighted by Crippen LogP contribution is -2.60. The Labute approximate surface area is 238 Å². The second kappa shape index (κ2) is 11.2. The maximum atomic E-state index is 13.5. The van der Waals surface area contributed by atoms with Crippen molar-refractivity contribution in [3.8, 4) is 5.75 Å². The number of thiophene rings is 1. The number of carbonyl (C=O) groups is 1. The standard InChI is InChI=1S/C23H19BrF3N7O4S2/c24-18-5-6-20(39-18)40(36,37)34-8-7-33(19-11-29-16-10-28-13-31-21(16)32-19)12-17(34)22(35)30-9-14-1-3-15(4-2-14)38-23(25,26)27/h1-6,10-11,13,17H,7-9,12H2,(H,30,35)/t17-/m1/s1. The van der Waals surface area contributed by atoms with Crippen LogP contribution >= 0.6 is 27.3 Å². The molecule has 40 heavy (non-hydrogen) atoms. The van der Waals surface area contributed by atoms with Crippen molar-refractivity contribution in [1.82, 2.24) is 29.6 Å². The van der Waals surface area contributed by atoms with E-state index in [1.165, 1.54) is 36.9 Å². The van der Waals surface area contributed by atoms with Crippen LogP contribution in [0.1, 0.15) is 5.56 Å². The number of nitrogens with one attached hydrogen (secondary N) is 1. The van der Waals surface area contributed by atoms with E-state index in [4.69, 9.17) is 0 Å². The van der Waals surface area contributed by atoms with E-state index in [-0.39, 0.29) is 30.4 Å². The third-order valence-electron chi connectivity index (χ3n) is 5.91. The molecule has 1 aliphatic rings. The van der Waals surface area contributed by atoms with Crippen molar-refractivity contribution in [1.29, 1.82) is 0 Å². The molecule has 1 amide bonds. The molecule has 1 N–H and O–H groups in total. The summed E-state index contributed by atoms with van der Waals surface area (Å²) in [5, 5.41) is 2.70. The van der Waals surface area contributed by atoms with Crippen LogP contribution in [-0.4, -0.2) is 70.6 Å². The zero-order chi connectivity index (χ0) is 28.5. The molecule has 0 radical (unpaired) electrons. The minimum Gasteiger partial charge on any atom is -0.406 e. The monoisotopic (exact) mass is 657 g/mol. The van der Waals surface area contributed by atoms with Crippen molar-refractivity contribution in [2.45, 2.75) is 23.2 Å². The summed E-state index contributed by atoms with van der Waals surface area (Å²) in [4.78, 5) is 32.0. The van der Waals surface area contributed by atoms with Gasteiger partial charge in [-0.15, -0.1) is 24.5 Å². The molecule has 1 fully saturated rings. The predicted molar refractivity (Wildman–Crippen MR) is 142 cm³/mol. The van der Waals surface area contributed by atoms with Gasteiger partial charge in [0.1, 0.15) is 33.7 Å². The fourth-order valence-electron chi connectivity index (χ4n) is 4.05. The molecule has 11 nitrogen and oxygen atoms in total. The summed E-state index contributed by atoms with van der Waals surface area (Å²) in [5.74, 6) is -0.567. The minimum absolute atomic E-state index is 0.0110. The Morgan fingerprint density at radius 1 is 1.12 bits per heavy atom. The van der Waals surface area contributed by atoms with Gasteiger partial charge in [-0.05, 0) is 45.8 Å². The van der Waals surface area contributed by atoms with Crippen molar-refractivity contribution in [2.24, 2.45) is 0 Å². The first-order valence-corrected chi connectivity index (χ1v) is 14.6. The molecule has 1 aromatic carbocycles. The number of rotatable bonds is 7. The van der Waals surface area contributed by atoms with Gasteiger partial charge in [-0.1, -0.05) is 12.1 Å². The second-order valence-corrected chi connectivity index (χ2v) is 13.1. The molecule has 1 aliphatic heterocycles. The van der Waals surface area contributed by atoms with Gasteiger partial charge in [0.25, 0.3) is 10.0 Å². The lowest BCUT2D eigenvalue weighted by Gasteiger charge is -2.39. The number of alkyl halides is 3. The Morgan fingerprint density at radius 3 is 2.60 bits per heavy atom. The minimum atomic E-state index is -4.82. The molecular weight excluding hydrogens is 639 g/mol. The molecule has 17 heteroatoms. The SMILES string of the molecule is O=C(NCc1ccc(OC(F)(F)F)cc1)[C@H]1CN(c2cnc3cncnc3n2)CCN1S(=O)(=O)c1ccc(Br)s1. The summed E-state index contributed by atoms with van der Waals surface area (Å²) in [7, 11) is -4.03. The maximum Gasteiger partial charge on any atom is 0.573 e. The molecule has 1 atom stereocenters. The van der Waals surface area contributed by atoms with Crippen LogP contribution in [0.4, 0.5) is 19.0 Å². The average molecular weight is 658 g/mol. The molecule has 0 unspecified atom stereocenters. The Kier molecular flexibility index (Phi) is 7.89. The number of piperazine rings is 1. The number of nitrogens with zero attached hydrogens (tertiary/aromatic N) is 6. The number of amides is 1. The van der Waals surface area contributed by atoms with Crippen LogP contribution in [0.25, 0.3) is 11.2 Å². The summed E-state index contributed by atoms with van der Waals surface area (Å²) >= 11 is 4.30. The summed E-state index contributed by atoms with van der Waals surface area (Å²) < 4.78 is 70.1. The van der Waals surface area contributed by atoms with Gasteiger partial charge in [0.15, 0.2) is 5.65 Å². The molecule has 210 valence electrons. The lowest BCUT2D eigenvalue weighted by molar-refractivity contribution is -0.274. The van der Waals surface area contributed by atoms with Gasteiger partial charge < -0.3 is 15.0 Å². The smallest absolute Gasteiger partial charge is 0.406 e. The summed E-state index contributed by atoms with van der Waals surface area (Å²) in [6.45, 7) is 0.151. The topological polar surface area (TPSA) is 131 Å². The number of anilines is 1. The lowest BCUT2D eigenvalue weighted by atomic mass is 10.1. The summed E-state index contributed by atoms with van der Waals surface area (Å²) in [6.07, 6.45) is -0.465. The van der Waals surface area contributed by atoms with Crippen LogP contribution in [0.15, 0.2) is 63.1 Å². The van der Waals surface area contributed by atoms with Crippen molar-refractivity contribution >= 4 is 60.2 Å². The molecular formula is C23H19BrF3N7O4S2. The van der Waals surface area contributed by atoms with Gasteiger partial charge in [-0.3, -0.25) is 4.79 Å². The van der Waals surface area contributed by atoms with E-state index in [0.29, 0.717) is 26.3 Å². The van der Waals surface area contributed by atoms with Crippen LogP contribution in [-0.2, 0) is 21.4 Å². The van der Waals surface area contributed by atoms with E-state index >= 15 is 0 Å². The van der Waals surface area contributed by atoms with Gasteiger partial charge in [0.2, 0.25) is 5.91 Å². The summed E-state index contributed by atoms with van der Waals surface area (Å²) in [6, 6.07) is 6.94. The first-order chi connectivity index (χ1) is 19.0. The fourth-order valence-corrected chi connectivity index (χ4v) is 7.76. The largest absolute Gasteiger partial charge is 0.573 e. The summed E-state index contributed by atoms with van der Waals surface area (Å²) in [5.41, 5.74) is 1.33. The number of halogens is 4. The number of benzene rings is 1. The number of fused-ring (bicyclic) bond motifs is 1. The van der Waals surface area contributed by atoms with Crippen LogP contribution in [0, 0.1) is 0 Å². The first kappa shape index (κ1) is 28.1. The second-order valence-electron chi connectivity index (χ2n) is 8.51. The van der Waals surface area contributed by atoms with Crippen LogP contribution < -0.4 is 15.0 Å². The van der Waals surface area contributed by atoms with Gasteiger partial charge in [0, 0.05) is 26.2 Å². The Balaban J connectivity index is 1.37. The number of hydrogen-bond donors (Lipinski definition) is 1. The highest BCUT2D eigenvalue weighted by molar-refractivity contribution is 9.11. The quantitative estimate of drug-likeness (QED) is 0.318. The van der Waals surface area contributed by atoms with Gasteiger partial charge >= 0.3 is 6.36 Å². The van der Waals surface area contributed by atoms with Crippen LogP contribution in [0.3, 0.4) is 0 Å². The van der Waals surface area contributed by atoms with E-state index in [9.17, 15) is 26.4 Å². The zero-order valence-corrected chi connectivity index (χ0v) is 23.5. The molecule has 3 aromatic heterocycles. The van der Waals surface area contributed by atoms with Gasteiger partial charge in [0.05, 0.1) is 16.2 Å². The van der Waals surface area contributed by atoms with Crippen molar-refractivity contribution < 1.29 is 31.1 Å². The predicted octanol–water partition coefficient (Wildman–Crippen LogP) is 3.34. The van der Waals surface area contributed by atoms with E-state index in [1.54, 1.807) is 11.0 Å². The molecule has 0 aliphatic carbocycles.